The van der Waals surface area contributed by atoms with Gasteiger partial charge in [0.15, 0.2) is 0 Å². The summed E-state index contributed by atoms with van der Waals surface area (Å²) in [5.74, 6) is -1.07. The van der Waals surface area contributed by atoms with E-state index in [1.165, 1.54) is 18.2 Å². The number of anilines is 1. The van der Waals surface area contributed by atoms with E-state index >= 15 is 0 Å². The molecule has 27 heavy (non-hydrogen) atoms. The van der Waals surface area contributed by atoms with Crippen molar-refractivity contribution in [1.82, 2.24) is 0 Å². The van der Waals surface area contributed by atoms with Gasteiger partial charge >= 0.3 is 5.97 Å². The second-order valence-corrected chi connectivity index (χ2v) is 6.19. The van der Waals surface area contributed by atoms with Gasteiger partial charge in [-0.25, -0.2) is 4.79 Å². The molecule has 0 saturated carbocycles. The van der Waals surface area contributed by atoms with Gasteiger partial charge in [-0.1, -0.05) is 41.9 Å². The van der Waals surface area contributed by atoms with E-state index in [9.17, 15) is 14.7 Å². The summed E-state index contributed by atoms with van der Waals surface area (Å²) >= 11 is 5.87. The summed E-state index contributed by atoms with van der Waals surface area (Å²) in [6, 6.07) is 20.2. The van der Waals surface area contributed by atoms with Gasteiger partial charge in [-0.05, 0) is 48.0 Å². The van der Waals surface area contributed by atoms with Crippen molar-refractivity contribution >= 4 is 29.2 Å². The summed E-state index contributed by atoms with van der Waals surface area (Å²) in [6.07, 6.45) is 0. The summed E-state index contributed by atoms with van der Waals surface area (Å²) in [6.45, 7) is 0.248. The third-order valence-corrected chi connectivity index (χ3v) is 4.07. The Bertz CT molecular complexity index is 956. The van der Waals surface area contributed by atoms with Gasteiger partial charge in [0, 0.05) is 10.6 Å². The second kappa shape index (κ2) is 8.38. The van der Waals surface area contributed by atoms with Crippen LogP contribution in [-0.4, -0.2) is 17.0 Å². The van der Waals surface area contributed by atoms with Gasteiger partial charge in [0.1, 0.15) is 12.4 Å². The van der Waals surface area contributed by atoms with E-state index in [1.54, 1.807) is 36.4 Å². The maximum absolute atomic E-state index is 12.4. The number of hydrogen-bond acceptors (Lipinski definition) is 3. The number of rotatable bonds is 6. The van der Waals surface area contributed by atoms with E-state index in [1.807, 2.05) is 18.2 Å². The van der Waals surface area contributed by atoms with Gasteiger partial charge in [0.2, 0.25) is 0 Å². The minimum atomic E-state index is -1.09. The molecule has 3 rings (SSSR count). The molecule has 0 heterocycles. The third-order valence-electron chi connectivity index (χ3n) is 3.82. The van der Waals surface area contributed by atoms with Crippen molar-refractivity contribution in [2.24, 2.45) is 0 Å². The Labute approximate surface area is 161 Å². The zero-order chi connectivity index (χ0) is 19.2. The number of halogens is 1. The van der Waals surface area contributed by atoms with Crippen molar-refractivity contribution in [3.63, 3.8) is 0 Å². The molecule has 0 unspecified atom stereocenters. The monoisotopic (exact) mass is 381 g/mol. The van der Waals surface area contributed by atoms with Crippen LogP contribution in [0.4, 0.5) is 5.69 Å². The van der Waals surface area contributed by atoms with Gasteiger partial charge in [0.25, 0.3) is 5.91 Å². The van der Waals surface area contributed by atoms with E-state index in [0.29, 0.717) is 16.3 Å². The topological polar surface area (TPSA) is 75.6 Å². The first kappa shape index (κ1) is 18.5. The van der Waals surface area contributed by atoms with Gasteiger partial charge in [-0.2, -0.15) is 0 Å². The van der Waals surface area contributed by atoms with E-state index in [0.717, 1.165) is 5.56 Å². The van der Waals surface area contributed by atoms with Crippen molar-refractivity contribution in [3.05, 3.63) is 94.5 Å². The van der Waals surface area contributed by atoms with Crippen LogP contribution in [0.2, 0.25) is 5.02 Å². The van der Waals surface area contributed by atoms with Crippen LogP contribution in [0.3, 0.4) is 0 Å². The van der Waals surface area contributed by atoms with Crippen LogP contribution in [0.15, 0.2) is 72.8 Å². The van der Waals surface area contributed by atoms with Crippen molar-refractivity contribution in [2.75, 3.05) is 5.32 Å². The van der Waals surface area contributed by atoms with Crippen LogP contribution >= 0.6 is 11.6 Å². The first-order chi connectivity index (χ1) is 13.0. The number of carbonyl (C=O) groups excluding carboxylic acids is 1. The standard InChI is InChI=1S/C21H16ClNO4/c22-17-9-6-14(7-10-17)13-27-19-11-8-16(21(25)26)12-18(19)23-20(24)15-4-2-1-3-5-15/h1-12H,13H2,(H,23,24)(H,25,26). The van der Waals surface area contributed by atoms with Crippen molar-refractivity contribution in [3.8, 4) is 5.75 Å². The predicted molar refractivity (Wildman–Crippen MR) is 104 cm³/mol. The lowest BCUT2D eigenvalue weighted by Gasteiger charge is -2.14. The Morgan fingerprint density at radius 1 is 0.926 bits per heavy atom. The van der Waals surface area contributed by atoms with Gasteiger partial charge in [0.05, 0.1) is 11.3 Å². The number of carbonyl (C=O) groups is 2. The lowest BCUT2D eigenvalue weighted by atomic mass is 10.1. The molecule has 0 aliphatic carbocycles. The van der Waals surface area contributed by atoms with Crippen LogP contribution in [0.5, 0.6) is 5.75 Å². The molecule has 0 aliphatic rings. The van der Waals surface area contributed by atoms with E-state index < -0.39 is 5.97 Å². The number of ether oxygens (including phenoxy) is 1. The molecule has 3 aromatic carbocycles. The first-order valence-electron chi connectivity index (χ1n) is 8.14. The largest absolute Gasteiger partial charge is 0.487 e. The molecule has 6 heteroatoms. The van der Waals surface area contributed by atoms with Crippen LogP contribution in [-0.2, 0) is 6.61 Å². The van der Waals surface area contributed by atoms with Gasteiger partial charge in [-0.15, -0.1) is 0 Å². The predicted octanol–water partition coefficient (Wildman–Crippen LogP) is 4.87. The average molecular weight is 382 g/mol. The number of hydrogen-bond donors (Lipinski definition) is 2. The van der Waals surface area contributed by atoms with E-state index in [2.05, 4.69) is 5.32 Å². The summed E-state index contributed by atoms with van der Waals surface area (Å²) in [7, 11) is 0. The second-order valence-electron chi connectivity index (χ2n) is 5.75. The first-order valence-corrected chi connectivity index (χ1v) is 8.52. The highest BCUT2D eigenvalue weighted by atomic mass is 35.5. The summed E-state index contributed by atoms with van der Waals surface area (Å²) in [4.78, 5) is 23.7. The van der Waals surface area contributed by atoms with Crippen molar-refractivity contribution in [1.29, 1.82) is 0 Å². The Morgan fingerprint density at radius 2 is 1.63 bits per heavy atom. The SMILES string of the molecule is O=C(O)c1ccc(OCc2ccc(Cl)cc2)c(NC(=O)c2ccccc2)c1. The highest BCUT2D eigenvalue weighted by Gasteiger charge is 2.13. The molecule has 0 fully saturated rings. The fraction of sp³-hybridized carbons (Fsp3) is 0.0476. The highest BCUT2D eigenvalue weighted by molar-refractivity contribution is 6.30. The number of carboxylic acids is 1. The number of benzene rings is 3. The zero-order valence-corrected chi connectivity index (χ0v) is 14.9. The number of amides is 1. The van der Waals surface area contributed by atoms with E-state index in [-0.39, 0.29) is 23.8 Å². The molecular weight excluding hydrogens is 366 g/mol. The fourth-order valence-electron chi connectivity index (χ4n) is 2.41. The van der Waals surface area contributed by atoms with Crippen LogP contribution < -0.4 is 10.1 Å². The lowest BCUT2D eigenvalue weighted by Crippen LogP contribution is -2.13. The number of carboxylic acid groups (broad SMARTS) is 1. The fourth-order valence-corrected chi connectivity index (χ4v) is 2.54. The van der Waals surface area contributed by atoms with Crippen molar-refractivity contribution < 1.29 is 19.4 Å². The third kappa shape index (κ3) is 4.86. The summed E-state index contributed by atoms with van der Waals surface area (Å²) in [5.41, 5.74) is 1.69. The highest BCUT2D eigenvalue weighted by Crippen LogP contribution is 2.27. The quantitative estimate of drug-likeness (QED) is 0.638. The molecule has 0 spiro atoms. The van der Waals surface area contributed by atoms with Crippen LogP contribution in [0.1, 0.15) is 26.3 Å². The molecule has 0 bridgehead atoms. The molecule has 3 aromatic rings. The smallest absolute Gasteiger partial charge is 0.335 e. The summed E-state index contributed by atoms with van der Waals surface area (Å²) < 4.78 is 5.78. The number of aromatic carboxylic acids is 1. The molecule has 0 aliphatic heterocycles. The van der Waals surface area contributed by atoms with Gasteiger partial charge in [-0.3, -0.25) is 4.79 Å². The van der Waals surface area contributed by atoms with Crippen LogP contribution in [0.25, 0.3) is 0 Å². The minimum absolute atomic E-state index is 0.0530. The number of nitrogens with one attached hydrogen (secondary N) is 1. The molecule has 0 aromatic heterocycles. The molecule has 5 nitrogen and oxygen atoms in total. The maximum atomic E-state index is 12.4. The van der Waals surface area contributed by atoms with Gasteiger partial charge < -0.3 is 15.2 Å². The molecule has 0 radical (unpaired) electrons. The molecular formula is C21H16ClNO4. The normalized spacial score (nSPS) is 10.3. The maximum Gasteiger partial charge on any atom is 0.335 e. The van der Waals surface area contributed by atoms with Crippen molar-refractivity contribution in [2.45, 2.75) is 6.61 Å². The Hall–Kier alpha value is -3.31. The van der Waals surface area contributed by atoms with Crippen LogP contribution in [0, 0.1) is 0 Å². The Kier molecular flexibility index (Phi) is 5.74. The molecule has 2 N–H and O–H groups in total. The Balaban J connectivity index is 1.83. The average Bonchev–Trinajstić information content (AvgIpc) is 2.68. The molecule has 1 amide bonds. The minimum Gasteiger partial charge on any atom is -0.487 e. The van der Waals surface area contributed by atoms with E-state index in [4.69, 9.17) is 16.3 Å². The Morgan fingerprint density at radius 3 is 2.30 bits per heavy atom. The molecule has 0 atom stereocenters. The molecule has 136 valence electrons. The lowest BCUT2D eigenvalue weighted by molar-refractivity contribution is 0.0696. The zero-order valence-electron chi connectivity index (χ0n) is 14.2. The molecule has 0 saturated heterocycles. The summed E-state index contributed by atoms with van der Waals surface area (Å²) in [5, 5.41) is 12.6.